The second kappa shape index (κ2) is 8.98. The highest BCUT2D eigenvalue weighted by Crippen LogP contribution is 2.21. The van der Waals surface area contributed by atoms with Crippen LogP contribution < -0.4 is 0 Å². The summed E-state index contributed by atoms with van der Waals surface area (Å²) in [5.41, 5.74) is 3.81. The predicted octanol–water partition coefficient (Wildman–Crippen LogP) is 2.39. The highest BCUT2D eigenvalue weighted by atomic mass is 16.4. The van der Waals surface area contributed by atoms with E-state index in [0.717, 1.165) is 19.5 Å². The smallest absolute Gasteiger partial charge is 0.303 e. The molecule has 0 fully saturated rings. The molecule has 0 aliphatic carbocycles. The number of rotatable bonds is 6. The topological polar surface area (TPSA) is 87.0 Å². The molecular weight excluding hydrogens is 318 g/mol. The number of aliphatic carboxylic acids is 1. The highest BCUT2D eigenvalue weighted by Gasteiger charge is 2.06. The van der Waals surface area contributed by atoms with E-state index in [4.69, 9.17) is 5.11 Å². The first-order valence-electron chi connectivity index (χ1n) is 8.27. The van der Waals surface area contributed by atoms with E-state index in [9.17, 15) is 4.79 Å². The molecule has 25 heavy (non-hydrogen) atoms. The molecule has 7 nitrogen and oxygen atoms in total. The summed E-state index contributed by atoms with van der Waals surface area (Å²) in [5.74, 6) is -0.745. The Hall–Kier alpha value is -2.67. The third-order valence-electron chi connectivity index (χ3n) is 3.77. The number of nitrogens with one attached hydrogen (secondary N) is 1. The van der Waals surface area contributed by atoms with Gasteiger partial charge in [0.05, 0.1) is 6.54 Å². The van der Waals surface area contributed by atoms with Crippen molar-refractivity contribution in [1.82, 2.24) is 24.6 Å². The number of carboxylic acids is 1. The van der Waals surface area contributed by atoms with Gasteiger partial charge in [0, 0.05) is 30.1 Å². The van der Waals surface area contributed by atoms with E-state index in [1.165, 1.54) is 22.0 Å². The van der Waals surface area contributed by atoms with E-state index in [2.05, 4.69) is 58.5 Å². The first-order chi connectivity index (χ1) is 12.0. The van der Waals surface area contributed by atoms with Crippen molar-refractivity contribution >= 4 is 16.9 Å². The molecular formula is C18H25N5O2. The van der Waals surface area contributed by atoms with Gasteiger partial charge in [-0.1, -0.05) is 13.0 Å². The van der Waals surface area contributed by atoms with Crippen LogP contribution in [0.3, 0.4) is 0 Å². The van der Waals surface area contributed by atoms with Crippen LogP contribution in [-0.4, -0.2) is 56.4 Å². The number of fused-ring (bicyclic) bond motifs is 1. The van der Waals surface area contributed by atoms with Gasteiger partial charge in [0.1, 0.15) is 12.7 Å². The summed E-state index contributed by atoms with van der Waals surface area (Å²) in [7, 11) is 4.20. The second-order valence-corrected chi connectivity index (χ2v) is 6.09. The molecule has 0 spiro atoms. The zero-order chi connectivity index (χ0) is 18.2. The number of likely N-dealkylation sites (N-methyl/N-ethyl adjacent to an activating group) is 1. The summed E-state index contributed by atoms with van der Waals surface area (Å²) in [5, 5.41) is 13.2. The molecule has 0 saturated heterocycles. The molecule has 3 rings (SSSR count). The fourth-order valence-electron chi connectivity index (χ4n) is 2.38. The monoisotopic (exact) mass is 343 g/mol. The lowest BCUT2D eigenvalue weighted by Crippen LogP contribution is -2.14. The van der Waals surface area contributed by atoms with Gasteiger partial charge in [-0.15, -0.1) is 0 Å². The second-order valence-electron chi connectivity index (χ2n) is 6.09. The Kier molecular flexibility index (Phi) is 6.71. The number of carbonyl (C=O) groups is 1. The van der Waals surface area contributed by atoms with Crippen LogP contribution in [0, 0.1) is 0 Å². The molecule has 0 saturated carbocycles. The van der Waals surface area contributed by atoms with E-state index in [1.54, 1.807) is 19.6 Å². The fourth-order valence-corrected chi connectivity index (χ4v) is 2.38. The molecule has 2 N–H and O–H groups in total. The van der Waals surface area contributed by atoms with Gasteiger partial charge >= 0.3 is 5.97 Å². The summed E-state index contributed by atoms with van der Waals surface area (Å²) in [4.78, 5) is 18.9. The minimum atomic E-state index is -0.745. The average molecular weight is 343 g/mol. The quantitative estimate of drug-likeness (QED) is 0.717. The van der Waals surface area contributed by atoms with Crippen molar-refractivity contribution in [1.29, 1.82) is 0 Å². The van der Waals surface area contributed by atoms with E-state index in [-0.39, 0.29) is 6.42 Å². The third kappa shape index (κ3) is 5.72. The maximum atomic E-state index is 9.37. The minimum Gasteiger partial charge on any atom is -0.481 e. The Balaban J connectivity index is 0.000000399. The van der Waals surface area contributed by atoms with Crippen LogP contribution in [0.5, 0.6) is 0 Å². The van der Waals surface area contributed by atoms with Crippen LogP contribution in [0.15, 0.2) is 37.1 Å². The van der Waals surface area contributed by atoms with Gasteiger partial charge in [-0.05, 0) is 43.8 Å². The van der Waals surface area contributed by atoms with Crippen molar-refractivity contribution in [2.45, 2.75) is 26.3 Å². The van der Waals surface area contributed by atoms with E-state index in [0.29, 0.717) is 0 Å². The van der Waals surface area contributed by atoms with Crippen LogP contribution in [0.2, 0.25) is 0 Å². The lowest BCUT2D eigenvalue weighted by molar-refractivity contribution is -0.136. The molecule has 1 aromatic carbocycles. The van der Waals surface area contributed by atoms with E-state index in [1.807, 2.05) is 4.68 Å². The van der Waals surface area contributed by atoms with Crippen molar-refractivity contribution in [3.63, 3.8) is 0 Å². The molecule has 2 aromatic heterocycles. The standard InChI is InChI=1S/C15H19N5.C3H6O2/c1-19(2)6-5-13-8-17-15-4-3-12(7-14(13)15)9-20-11-16-10-18-20;1-2-3(4)5/h3-4,7-8,10-11,17H,5-6,9H2,1-2H3;2H2,1H3,(H,4,5). The van der Waals surface area contributed by atoms with Crippen LogP contribution in [-0.2, 0) is 17.8 Å². The highest BCUT2D eigenvalue weighted by molar-refractivity contribution is 5.83. The first-order valence-corrected chi connectivity index (χ1v) is 8.27. The molecule has 0 atom stereocenters. The Morgan fingerprint density at radius 1 is 1.36 bits per heavy atom. The zero-order valence-electron chi connectivity index (χ0n) is 14.9. The number of aromatic amines is 1. The largest absolute Gasteiger partial charge is 0.481 e. The lowest BCUT2D eigenvalue weighted by atomic mass is 10.1. The summed E-state index contributed by atoms with van der Waals surface area (Å²) >= 11 is 0. The molecule has 0 amide bonds. The van der Waals surface area contributed by atoms with Crippen molar-refractivity contribution in [2.24, 2.45) is 0 Å². The van der Waals surface area contributed by atoms with Gasteiger partial charge in [-0.2, -0.15) is 5.10 Å². The number of H-pyrrole nitrogens is 1. The molecule has 0 aliphatic rings. The molecule has 0 unspecified atom stereocenters. The number of benzene rings is 1. The first kappa shape index (κ1) is 18.7. The Morgan fingerprint density at radius 2 is 2.12 bits per heavy atom. The van der Waals surface area contributed by atoms with Crippen molar-refractivity contribution in [2.75, 3.05) is 20.6 Å². The van der Waals surface area contributed by atoms with Gasteiger partial charge in [-0.3, -0.25) is 4.79 Å². The molecule has 7 heteroatoms. The van der Waals surface area contributed by atoms with Crippen LogP contribution in [0.25, 0.3) is 10.9 Å². The number of hydrogen-bond acceptors (Lipinski definition) is 4. The van der Waals surface area contributed by atoms with Gasteiger partial charge in [0.25, 0.3) is 0 Å². The molecule has 2 heterocycles. The van der Waals surface area contributed by atoms with Crippen molar-refractivity contribution < 1.29 is 9.90 Å². The summed E-state index contributed by atoms with van der Waals surface area (Å²) in [6.07, 6.45) is 6.71. The van der Waals surface area contributed by atoms with Gasteiger partial charge < -0.3 is 15.0 Å². The number of aromatic nitrogens is 4. The van der Waals surface area contributed by atoms with E-state index < -0.39 is 5.97 Å². The maximum Gasteiger partial charge on any atom is 0.303 e. The van der Waals surface area contributed by atoms with Crippen molar-refractivity contribution in [3.05, 3.63) is 48.2 Å². The van der Waals surface area contributed by atoms with Crippen molar-refractivity contribution in [3.8, 4) is 0 Å². The van der Waals surface area contributed by atoms with Crippen LogP contribution in [0.1, 0.15) is 24.5 Å². The third-order valence-corrected chi connectivity index (χ3v) is 3.77. The zero-order valence-corrected chi connectivity index (χ0v) is 14.9. The number of hydrogen-bond donors (Lipinski definition) is 2. The maximum absolute atomic E-state index is 9.37. The molecule has 0 bridgehead atoms. The molecule has 3 aromatic rings. The SMILES string of the molecule is CCC(=O)O.CN(C)CCc1c[nH]c2ccc(Cn3cncn3)cc12. The van der Waals surface area contributed by atoms with Crippen LogP contribution in [0.4, 0.5) is 0 Å². The molecule has 0 radical (unpaired) electrons. The van der Waals surface area contributed by atoms with Gasteiger partial charge in [-0.25, -0.2) is 9.67 Å². The summed E-state index contributed by atoms with van der Waals surface area (Å²) in [6, 6.07) is 6.52. The van der Waals surface area contributed by atoms with Gasteiger partial charge in [0.2, 0.25) is 0 Å². The summed E-state index contributed by atoms with van der Waals surface area (Å²) in [6.45, 7) is 3.41. The van der Waals surface area contributed by atoms with E-state index >= 15 is 0 Å². The Morgan fingerprint density at radius 3 is 2.72 bits per heavy atom. The number of carboxylic acid groups (broad SMARTS) is 1. The fraction of sp³-hybridized carbons (Fsp3) is 0.389. The molecule has 0 aliphatic heterocycles. The van der Waals surface area contributed by atoms with Gasteiger partial charge in [0.15, 0.2) is 0 Å². The number of nitrogens with zero attached hydrogens (tertiary/aromatic N) is 4. The lowest BCUT2D eigenvalue weighted by Gasteiger charge is -2.08. The summed E-state index contributed by atoms with van der Waals surface area (Å²) < 4.78 is 1.84. The average Bonchev–Trinajstić information content (AvgIpc) is 3.23. The normalized spacial score (nSPS) is 10.7. The minimum absolute atomic E-state index is 0.222. The Labute approximate surface area is 147 Å². The molecule has 134 valence electrons. The predicted molar refractivity (Wildman–Crippen MR) is 97.6 cm³/mol. The van der Waals surface area contributed by atoms with Crippen LogP contribution >= 0.6 is 0 Å². The Bertz CT molecular complexity index is 793.